The van der Waals surface area contributed by atoms with Crippen LogP contribution in [-0.2, 0) is 16.1 Å². The van der Waals surface area contributed by atoms with Crippen molar-refractivity contribution in [1.29, 1.82) is 0 Å². The summed E-state index contributed by atoms with van der Waals surface area (Å²) in [6, 6.07) is 2.02. The molecule has 3 heterocycles. The van der Waals surface area contributed by atoms with Crippen LogP contribution in [0.1, 0.15) is 24.2 Å². The van der Waals surface area contributed by atoms with Crippen LogP contribution in [0.25, 0.3) is 0 Å². The second kappa shape index (κ2) is 6.20. The van der Waals surface area contributed by atoms with Gasteiger partial charge in [-0.2, -0.15) is 5.10 Å². The summed E-state index contributed by atoms with van der Waals surface area (Å²) < 4.78 is 1.93. The van der Waals surface area contributed by atoms with Crippen molar-refractivity contribution in [3.8, 4) is 0 Å². The van der Waals surface area contributed by atoms with Gasteiger partial charge in [0.25, 0.3) is 0 Å². The summed E-state index contributed by atoms with van der Waals surface area (Å²) in [5, 5.41) is 14.1. The molecule has 3 rings (SSSR count). The molecule has 0 radical (unpaired) electrons. The SMILES string of the molecule is Cc1cc(C)n(CCCC(=O)N2C[C@H]3CN(C)C[C@@]3(C(=O)O)C2)n1. The second-order valence-electron chi connectivity index (χ2n) is 7.38. The van der Waals surface area contributed by atoms with Gasteiger partial charge in [-0.15, -0.1) is 0 Å². The van der Waals surface area contributed by atoms with E-state index in [0.29, 0.717) is 26.1 Å². The third-order valence-corrected chi connectivity index (χ3v) is 5.42. The highest BCUT2D eigenvalue weighted by Crippen LogP contribution is 2.42. The smallest absolute Gasteiger partial charge is 0.313 e. The van der Waals surface area contributed by atoms with E-state index in [0.717, 1.165) is 30.9 Å². The summed E-state index contributed by atoms with van der Waals surface area (Å²) in [5.74, 6) is -0.663. The number of rotatable bonds is 5. The number of aromatic nitrogens is 2. The molecule has 1 aromatic heterocycles. The molecule has 1 aromatic rings. The van der Waals surface area contributed by atoms with Crippen LogP contribution >= 0.6 is 0 Å². The van der Waals surface area contributed by atoms with Crippen molar-refractivity contribution in [3.05, 3.63) is 17.5 Å². The molecule has 0 aliphatic carbocycles. The molecule has 2 saturated heterocycles. The van der Waals surface area contributed by atoms with Gasteiger partial charge in [0.1, 0.15) is 5.41 Å². The predicted octanol–water partition coefficient (Wildman–Crippen LogP) is 0.755. The molecule has 7 nitrogen and oxygen atoms in total. The molecule has 2 atom stereocenters. The third kappa shape index (κ3) is 2.92. The van der Waals surface area contributed by atoms with Crippen LogP contribution in [-0.4, -0.2) is 69.8 Å². The molecule has 0 unspecified atom stereocenters. The molecule has 1 amide bonds. The highest BCUT2D eigenvalue weighted by molar-refractivity contribution is 5.81. The fraction of sp³-hybridized carbons (Fsp3) is 0.706. The van der Waals surface area contributed by atoms with E-state index in [2.05, 4.69) is 10.00 Å². The van der Waals surface area contributed by atoms with E-state index in [1.165, 1.54) is 0 Å². The van der Waals surface area contributed by atoms with Gasteiger partial charge in [0.05, 0.1) is 5.69 Å². The summed E-state index contributed by atoms with van der Waals surface area (Å²) in [6.07, 6.45) is 1.17. The number of hydrogen-bond donors (Lipinski definition) is 1. The van der Waals surface area contributed by atoms with Crippen molar-refractivity contribution in [1.82, 2.24) is 19.6 Å². The van der Waals surface area contributed by atoms with E-state index in [9.17, 15) is 14.7 Å². The molecule has 0 bridgehead atoms. The van der Waals surface area contributed by atoms with Crippen molar-refractivity contribution in [2.75, 3.05) is 33.2 Å². The summed E-state index contributed by atoms with van der Waals surface area (Å²) in [4.78, 5) is 28.1. The third-order valence-electron chi connectivity index (χ3n) is 5.42. The number of amides is 1. The molecule has 7 heteroatoms. The first kappa shape index (κ1) is 17.0. The van der Waals surface area contributed by atoms with Crippen LogP contribution in [0.15, 0.2) is 6.07 Å². The zero-order valence-corrected chi connectivity index (χ0v) is 14.7. The molecular formula is C17H26N4O3. The molecule has 0 spiro atoms. The summed E-state index contributed by atoms with van der Waals surface area (Å²) in [7, 11) is 1.95. The van der Waals surface area contributed by atoms with Gasteiger partial charge in [-0.1, -0.05) is 0 Å². The average Bonchev–Trinajstić information content (AvgIpc) is 3.09. The fourth-order valence-corrected chi connectivity index (χ4v) is 4.25. The van der Waals surface area contributed by atoms with Gasteiger partial charge in [0.15, 0.2) is 0 Å². The molecule has 2 aliphatic rings. The van der Waals surface area contributed by atoms with E-state index in [-0.39, 0.29) is 11.8 Å². The van der Waals surface area contributed by atoms with Gasteiger partial charge in [0, 0.05) is 50.8 Å². The van der Waals surface area contributed by atoms with E-state index >= 15 is 0 Å². The van der Waals surface area contributed by atoms with E-state index in [4.69, 9.17) is 0 Å². The minimum atomic E-state index is -0.778. The number of fused-ring (bicyclic) bond motifs is 1. The highest BCUT2D eigenvalue weighted by atomic mass is 16.4. The zero-order valence-electron chi connectivity index (χ0n) is 14.7. The number of likely N-dealkylation sites (tertiary alicyclic amines) is 2. The number of hydrogen-bond acceptors (Lipinski definition) is 4. The molecule has 0 saturated carbocycles. The van der Waals surface area contributed by atoms with Crippen molar-refractivity contribution in [2.24, 2.45) is 11.3 Å². The molecule has 2 aliphatic heterocycles. The van der Waals surface area contributed by atoms with Gasteiger partial charge in [0.2, 0.25) is 5.91 Å². The lowest BCUT2D eigenvalue weighted by Crippen LogP contribution is -2.41. The van der Waals surface area contributed by atoms with Crippen molar-refractivity contribution in [2.45, 2.75) is 33.2 Å². The maximum Gasteiger partial charge on any atom is 0.313 e. The molecule has 132 valence electrons. The molecule has 1 N–H and O–H groups in total. The Balaban J connectivity index is 1.55. The van der Waals surface area contributed by atoms with Crippen LogP contribution in [0.5, 0.6) is 0 Å². The van der Waals surface area contributed by atoms with Gasteiger partial charge in [-0.05, 0) is 33.4 Å². The maximum atomic E-state index is 12.5. The Morgan fingerprint density at radius 2 is 2.08 bits per heavy atom. The molecule has 24 heavy (non-hydrogen) atoms. The Morgan fingerprint density at radius 3 is 2.67 bits per heavy atom. The lowest BCUT2D eigenvalue weighted by atomic mass is 9.81. The Bertz CT molecular complexity index is 656. The van der Waals surface area contributed by atoms with E-state index in [1.807, 2.05) is 31.6 Å². The number of aryl methyl sites for hydroxylation is 3. The largest absolute Gasteiger partial charge is 0.481 e. The van der Waals surface area contributed by atoms with Crippen LogP contribution in [0.4, 0.5) is 0 Å². The quantitative estimate of drug-likeness (QED) is 0.860. The molecule has 2 fully saturated rings. The molecule has 0 aromatic carbocycles. The lowest BCUT2D eigenvalue weighted by Gasteiger charge is -2.24. The monoisotopic (exact) mass is 334 g/mol. The second-order valence-corrected chi connectivity index (χ2v) is 7.38. The van der Waals surface area contributed by atoms with Gasteiger partial charge < -0.3 is 14.9 Å². The Morgan fingerprint density at radius 1 is 1.33 bits per heavy atom. The number of carboxylic acids is 1. The number of nitrogens with zero attached hydrogens (tertiary/aromatic N) is 4. The predicted molar refractivity (Wildman–Crippen MR) is 88.6 cm³/mol. The normalized spacial score (nSPS) is 26.8. The number of aliphatic carboxylic acids is 1. The van der Waals surface area contributed by atoms with Crippen molar-refractivity contribution in [3.63, 3.8) is 0 Å². The van der Waals surface area contributed by atoms with Crippen LogP contribution in [0, 0.1) is 25.2 Å². The number of carboxylic acid groups (broad SMARTS) is 1. The van der Waals surface area contributed by atoms with Crippen LogP contribution in [0.3, 0.4) is 0 Å². The maximum absolute atomic E-state index is 12.5. The van der Waals surface area contributed by atoms with Crippen molar-refractivity contribution < 1.29 is 14.7 Å². The topological polar surface area (TPSA) is 78.7 Å². The first-order chi connectivity index (χ1) is 11.3. The first-order valence-corrected chi connectivity index (χ1v) is 8.52. The summed E-state index contributed by atoms with van der Waals surface area (Å²) >= 11 is 0. The van der Waals surface area contributed by atoms with E-state index in [1.54, 1.807) is 4.90 Å². The minimum Gasteiger partial charge on any atom is -0.481 e. The average molecular weight is 334 g/mol. The van der Waals surface area contributed by atoms with Crippen LogP contribution < -0.4 is 0 Å². The number of carbonyl (C=O) groups is 2. The summed E-state index contributed by atoms with van der Waals surface area (Å²) in [6.45, 7) is 6.88. The number of carbonyl (C=O) groups excluding carboxylic acids is 1. The minimum absolute atomic E-state index is 0.0416. The summed E-state index contributed by atoms with van der Waals surface area (Å²) in [5.41, 5.74) is 1.31. The Hall–Kier alpha value is -1.89. The standard InChI is InChI=1S/C17H26N4O3/c1-12-7-13(2)21(18-12)6-4-5-15(22)20-9-14-8-19(3)10-17(14,11-20)16(23)24/h7,14H,4-6,8-11H2,1-3H3,(H,23,24)/t14-,17-/m1/s1. The lowest BCUT2D eigenvalue weighted by molar-refractivity contribution is -0.149. The highest BCUT2D eigenvalue weighted by Gasteiger charge is 2.57. The first-order valence-electron chi connectivity index (χ1n) is 8.52. The Labute approximate surface area is 142 Å². The van der Waals surface area contributed by atoms with Gasteiger partial charge in [-0.25, -0.2) is 0 Å². The van der Waals surface area contributed by atoms with Crippen LogP contribution in [0.2, 0.25) is 0 Å². The van der Waals surface area contributed by atoms with Gasteiger partial charge >= 0.3 is 5.97 Å². The zero-order chi connectivity index (χ0) is 17.5. The van der Waals surface area contributed by atoms with Crippen molar-refractivity contribution >= 4 is 11.9 Å². The molecular weight excluding hydrogens is 308 g/mol. The van der Waals surface area contributed by atoms with Gasteiger partial charge in [-0.3, -0.25) is 14.3 Å². The Kier molecular flexibility index (Phi) is 4.38. The fourth-order valence-electron chi connectivity index (χ4n) is 4.25. The van der Waals surface area contributed by atoms with E-state index < -0.39 is 11.4 Å².